The van der Waals surface area contributed by atoms with Gasteiger partial charge >= 0.3 is 0 Å². The molecule has 0 bridgehead atoms. The van der Waals surface area contributed by atoms with Crippen LogP contribution in [0.5, 0.6) is 0 Å². The molecule has 0 spiro atoms. The van der Waals surface area contributed by atoms with Crippen molar-refractivity contribution in [1.82, 2.24) is 0 Å². The number of rotatable bonds is 2. The molecule has 3 heteroatoms. The van der Waals surface area contributed by atoms with Crippen LogP contribution in [0.2, 0.25) is 0 Å². The average molecular weight is 217 g/mol. The highest BCUT2D eigenvalue weighted by Crippen LogP contribution is 2.19. The van der Waals surface area contributed by atoms with E-state index < -0.39 is 0 Å². The maximum Gasteiger partial charge on any atom is 0.0538 e. The number of hydrogen-bond acceptors (Lipinski definition) is 3. The van der Waals surface area contributed by atoms with Gasteiger partial charge in [-0.3, -0.25) is 0 Å². The van der Waals surface area contributed by atoms with E-state index in [0.29, 0.717) is 0 Å². The van der Waals surface area contributed by atoms with Crippen LogP contribution in [-0.2, 0) is 0 Å². The predicted octanol–water partition coefficient (Wildman–Crippen LogP) is 2.36. The maximum absolute atomic E-state index is 5.12. The lowest BCUT2D eigenvalue weighted by molar-refractivity contribution is 0.726. The van der Waals surface area contributed by atoms with Crippen LogP contribution in [0.3, 0.4) is 0 Å². The van der Waals surface area contributed by atoms with Crippen molar-refractivity contribution in [2.45, 2.75) is 25.7 Å². The third kappa shape index (κ3) is 2.75. The minimum atomic E-state index is 1.06. The number of benzene rings is 1. The number of nitrogens with two attached hydrogens (primary N) is 1. The molecule has 1 aromatic rings. The van der Waals surface area contributed by atoms with Crippen LogP contribution >= 0.6 is 0 Å². The number of nitrogens with zero attached hydrogens (tertiary/aromatic N) is 2. The van der Waals surface area contributed by atoms with Gasteiger partial charge in [0.2, 0.25) is 0 Å². The van der Waals surface area contributed by atoms with E-state index in [1.54, 1.807) is 6.21 Å². The molecule has 1 aliphatic heterocycles. The molecule has 1 aliphatic rings. The minimum absolute atomic E-state index is 1.06. The Kier molecular flexibility index (Phi) is 3.81. The van der Waals surface area contributed by atoms with E-state index in [0.717, 1.165) is 5.56 Å². The molecule has 2 rings (SSSR count). The van der Waals surface area contributed by atoms with Crippen LogP contribution in [0.15, 0.2) is 29.4 Å². The summed E-state index contributed by atoms with van der Waals surface area (Å²) < 4.78 is 0. The Morgan fingerprint density at radius 1 is 1.00 bits per heavy atom. The Hall–Kier alpha value is -1.51. The first kappa shape index (κ1) is 11.0. The minimum Gasteiger partial charge on any atom is -0.372 e. The first-order valence-electron chi connectivity index (χ1n) is 5.98. The normalized spacial score (nSPS) is 17.6. The summed E-state index contributed by atoms with van der Waals surface area (Å²) in [6.07, 6.45) is 7.03. The van der Waals surface area contributed by atoms with E-state index in [1.165, 1.54) is 44.5 Å². The molecule has 0 atom stereocenters. The summed E-state index contributed by atoms with van der Waals surface area (Å²) in [4.78, 5) is 2.47. The summed E-state index contributed by atoms with van der Waals surface area (Å²) in [7, 11) is 0. The highest BCUT2D eigenvalue weighted by atomic mass is 15.1. The second kappa shape index (κ2) is 5.54. The fraction of sp³-hybridized carbons (Fsp3) is 0.462. The largest absolute Gasteiger partial charge is 0.372 e. The monoisotopic (exact) mass is 217 g/mol. The average Bonchev–Trinajstić information content (AvgIpc) is 2.59. The molecule has 3 nitrogen and oxygen atoms in total. The highest BCUT2D eigenvalue weighted by Gasteiger charge is 2.08. The Morgan fingerprint density at radius 2 is 1.62 bits per heavy atom. The van der Waals surface area contributed by atoms with Crippen molar-refractivity contribution >= 4 is 11.9 Å². The Morgan fingerprint density at radius 3 is 2.19 bits per heavy atom. The zero-order valence-electron chi connectivity index (χ0n) is 9.60. The second-order valence-corrected chi connectivity index (χ2v) is 4.27. The Bertz CT molecular complexity index is 335. The van der Waals surface area contributed by atoms with E-state index >= 15 is 0 Å². The fourth-order valence-corrected chi connectivity index (χ4v) is 2.19. The van der Waals surface area contributed by atoms with Gasteiger partial charge in [-0.2, -0.15) is 5.10 Å². The zero-order chi connectivity index (χ0) is 11.2. The molecule has 1 heterocycles. The summed E-state index contributed by atoms with van der Waals surface area (Å²) in [5, 5.41) is 3.52. The standard InChI is InChI=1S/C13H19N3/c14-15-11-12-5-7-13(8-6-12)16-9-3-1-2-4-10-16/h5-8,11H,1-4,9-10,14H2. The Balaban J connectivity index is 2.07. The van der Waals surface area contributed by atoms with Gasteiger partial charge in [0.05, 0.1) is 6.21 Å². The van der Waals surface area contributed by atoms with Crippen LogP contribution < -0.4 is 10.7 Å². The lowest BCUT2D eigenvalue weighted by Gasteiger charge is -2.22. The molecule has 0 radical (unpaired) electrons. The first-order chi connectivity index (χ1) is 7.90. The second-order valence-electron chi connectivity index (χ2n) is 4.27. The number of anilines is 1. The lowest BCUT2D eigenvalue weighted by Crippen LogP contribution is -2.23. The predicted molar refractivity (Wildman–Crippen MR) is 68.9 cm³/mol. The topological polar surface area (TPSA) is 41.6 Å². The molecule has 0 aliphatic carbocycles. The maximum atomic E-state index is 5.12. The van der Waals surface area contributed by atoms with Crippen LogP contribution in [-0.4, -0.2) is 19.3 Å². The molecule has 0 amide bonds. The number of hydrogen-bond donors (Lipinski definition) is 1. The molecule has 0 aromatic heterocycles. The van der Waals surface area contributed by atoms with Gasteiger partial charge in [-0.25, -0.2) is 0 Å². The first-order valence-corrected chi connectivity index (χ1v) is 5.98. The van der Waals surface area contributed by atoms with Crippen LogP contribution in [0.1, 0.15) is 31.2 Å². The van der Waals surface area contributed by atoms with Crippen molar-refractivity contribution < 1.29 is 0 Å². The quantitative estimate of drug-likeness (QED) is 0.469. The summed E-state index contributed by atoms with van der Waals surface area (Å²) in [6.45, 7) is 2.37. The van der Waals surface area contributed by atoms with Gasteiger partial charge in [0.15, 0.2) is 0 Å². The fourth-order valence-electron chi connectivity index (χ4n) is 2.19. The van der Waals surface area contributed by atoms with Crippen LogP contribution in [0.25, 0.3) is 0 Å². The molecule has 0 saturated carbocycles. The van der Waals surface area contributed by atoms with Gasteiger partial charge in [0.25, 0.3) is 0 Å². The van der Waals surface area contributed by atoms with E-state index in [2.05, 4.69) is 34.3 Å². The molecular formula is C13H19N3. The summed E-state index contributed by atoms with van der Waals surface area (Å²) in [5.41, 5.74) is 2.37. The van der Waals surface area contributed by atoms with E-state index in [1.807, 2.05) is 0 Å². The van der Waals surface area contributed by atoms with Gasteiger partial charge in [-0.1, -0.05) is 25.0 Å². The molecule has 1 saturated heterocycles. The van der Waals surface area contributed by atoms with Gasteiger partial charge in [-0.15, -0.1) is 0 Å². The van der Waals surface area contributed by atoms with E-state index in [-0.39, 0.29) is 0 Å². The van der Waals surface area contributed by atoms with Crippen molar-refractivity contribution in [3.63, 3.8) is 0 Å². The van der Waals surface area contributed by atoms with Crippen LogP contribution in [0.4, 0.5) is 5.69 Å². The Labute approximate surface area is 96.9 Å². The van der Waals surface area contributed by atoms with E-state index in [9.17, 15) is 0 Å². The summed E-state index contributed by atoms with van der Waals surface area (Å²) in [6, 6.07) is 8.44. The van der Waals surface area contributed by atoms with Gasteiger partial charge in [0, 0.05) is 18.8 Å². The van der Waals surface area contributed by atoms with Crippen LogP contribution in [0, 0.1) is 0 Å². The van der Waals surface area contributed by atoms with Gasteiger partial charge < -0.3 is 10.7 Å². The molecule has 0 unspecified atom stereocenters. The molecular weight excluding hydrogens is 198 g/mol. The lowest BCUT2D eigenvalue weighted by atomic mass is 10.2. The van der Waals surface area contributed by atoms with Crippen molar-refractivity contribution in [1.29, 1.82) is 0 Å². The van der Waals surface area contributed by atoms with Crippen molar-refractivity contribution in [3.8, 4) is 0 Å². The molecule has 16 heavy (non-hydrogen) atoms. The highest BCUT2D eigenvalue weighted by molar-refractivity contribution is 5.80. The van der Waals surface area contributed by atoms with Crippen molar-refractivity contribution in [2.24, 2.45) is 10.9 Å². The smallest absolute Gasteiger partial charge is 0.0538 e. The SMILES string of the molecule is NN=Cc1ccc(N2CCCCCC2)cc1. The third-order valence-corrected chi connectivity index (χ3v) is 3.09. The van der Waals surface area contributed by atoms with Gasteiger partial charge in [0.1, 0.15) is 0 Å². The van der Waals surface area contributed by atoms with Gasteiger partial charge in [-0.05, 0) is 30.5 Å². The molecule has 2 N–H and O–H groups in total. The molecule has 1 aromatic carbocycles. The molecule has 1 fully saturated rings. The van der Waals surface area contributed by atoms with E-state index in [4.69, 9.17) is 5.84 Å². The zero-order valence-corrected chi connectivity index (χ0v) is 9.60. The molecule has 86 valence electrons. The summed E-state index contributed by atoms with van der Waals surface area (Å²) >= 11 is 0. The van der Waals surface area contributed by atoms with Crippen molar-refractivity contribution in [3.05, 3.63) is 29.8 Å². The third-order valence-electron chi connectivity index (χ3n) is 3.09. The number of hydrazone groups is 1. The van der Waals surface area contributed by atoms with Crippen molar-refractivity contribution in [2.75, 3.05) is 18.0 Å². The summed E-state index contributed by atoms with van der Waals surface area (Å²) in [5.74, 6) is 5.12.